The number of hydrogen-bond acceptors (Lipinski definition) is 3. The van der Waals surface area contributed by atoms with Crippen LogP contribution in [0.5, 0.6) is 5.75 Å². The van der Waals surface area contributed by atoms with Crippen molar-refractivity contribution in [3.05, 3.63) is 65.0 Å². The van der Waals surface area contributed by atoms with Gasteiger partial charge < -0.3 is 15.2 Å². The first kappa shape index (κ1) is 16.0. The maximum Gasteiger partial charge on any atom is 0.258 e. The second kappa shape index (κ2) is 7.56. The predicted octanol–water partition coefficient (Wildman–Crippen LogP) is 2.32. The number of para-hydroxylation sites is 1. The minimum absolute atomic E-state index is 0.0844. The number of hydrogen-bond donors (Lipinski definition) is 2. The molecule has 0 spiro atoms. The minimum Gasteiger partial charge on any atom is -0.484 e. The Labute approximate surface area is 128 Å². The van der Waals surface area contributed by atoms with Gasteiger partial charge in [0.2, 0.25) is 0 Å². The lowest BCUT2D eigenvalue weighted by molar-refractivity contribution is -0.123. The normalized spacial score (nSPS) is 10.3. The van der Waals surface area contributed by atoms with E-state index in [1.165, 1.54) is 12.1 Å². The highest BCUT2D eigenvalue weighted by Crippen LogP contribution is 2.15. The molecule has 0 aliphatic heterocycles. The van der Waals surface area contributed by atoms with Crippen LogP contribution in [0, 0.1) is 12.7 Å². The van der Waals surface area contributed by atoms with Crippen LogP contribution in [0.15, 0.2) is 42.5 Å². The minimum atomic E-state index is -0.458. The molecule has 2 N–H and O–H groups in total. The van der Waals surface area contributed by atoms with Crippen LogP contribution in [0.3, 0.4) is 0 Å². The molecule has 2 aromatic carbocycles. The second-order valence-corrected chi connectivity index (χ2v) is 4.91. The summed E-state index contributed by atoms with van der Waals surface area (Å²) in [6, 6.07) is 11.8. The molecule has 1 amide bonds. The molecule has 22 heavy (non-hydrogen) atoms. The van der Waals surface area contributed by atoms with E-state index in [9.17, 15) is 9.18 Å². The number of nitrogens with one attached hydrogen (secondary N) is 1. The Morgan fingerprint density at radius 1 is 1.27 bits per heavy atom. The van der Waals surface area contributed by atoms with Crippen LogP contribution in [0.25, 0.3) is 0 Å². The molecule has 2 aromatic rings. The van der Waals surface area contributed by atoms with Gasteiger partial charge in [0.05, 0.1) is 6.61 Å². The predicted molar refractivity (Wildman–Crippen MR) is 80.8 cm³/mol. The SMILES string of the molecule is Cc1ccccc1OCC(=O)NCc1ccc(F)c(CO)c1. The van der Waals surface area contributed by atoms with Crippen molar-refractivity contribution in [2.45, 2.75) is 20.1 Å². The first-order valence-corrected chi connectivity index (χ1v) is 6.93. The number of aliphatic hydroxyl groups is 1. The van der Waals surface area contributed by atoms with Crippen LogP contribution in [0.4, 0.5) is 4.39 Å². The van der Waals surface area contributed by atoms with E-state index in [1.807, 2.05) is 25.1 Å². The number of ether oxygens (including phenoxy) is 1. The van der Waals surface area contributed by atoms with E-state index < -0.39 is 5.82 Å². The Hall–Kier alpha value is -2.40. The van der Waals surface area contributed by atoms with E-state index in [0.29, 0.717) is 5.75 Å². The van der Waals surface area contributed by atoms with Crippen LogP contribution in [0.1, 0.15) is 16.7 Å². The van der Waals surface area contributed by atoms with Crippen LogP contribution in [0.2, 0.25) is 0 Å². The number of carbonyl (C=O) groups excluding carboxylic acids is 1. The van der Waals surface area contributed by atoms with E-state index in [1.54, 1.807) is 12.1 Å². The molecule has 0 aliphatic carbocycles. The molecule has 0 atom stereocenters. The summed E-state index contributed by atoms with van der Waals surface area (Å²) in [7, 11) is 0. The number of carbonyl (C=O) groups is 1. The zero-order valence-electron chi connectivity index (χ0n) is 12.3. The highest BCUT2D eigenvalue weighted by molar-refractivity contribution is 5.77. The molecule has 116 valence electrons. The zero-order chi connectivity index (χ0) is 15.9. The highest BCUT2D eigenvalue weighted by atomic mass is 19.1. The summed E-state index contributed by atoms with van der Waals surface area (Å²) in [4.78, 5) is 11.8. The number of amides is 1. The van der Waals surface area contributed by atoms with Gasteiger partial charge in [0.1, 0.15) is 11.6 Å². The average Bonchev–Trinajstić information content (AvgIpc) is 2.53. The van der Waals surface area contributed by atoms with Crippen molar-refractivity contribution in [1.82, 2.24) is 5.32 Å². The molecule has 0 radical (unpaired) electrons. The Morgan fingerprint density at radius 3 is 2.77 bits per heavy atom. The molecule has 0 heterocycles. The maximum atomic E-state index is 13.2. The zero-order valence-corrected chi connectivity index (χ0v) is 12.3. The van der Waals surface area contributed by atoms with Gasteiger partial charge in [-0.2, -0.15) is 0 Å². The van der Waals surface area contributed by atoms with Crippen molar-refractivity contribution in [3.63, 3.8) is 0 Å². The topological polar surface area (TPSA) is 58.6 Å². The third-order valence-electron chi connectivity index (χ3n) is 3.22. The van der Waals surface area contributed by atoms with Gasteiger partial charge in [-0.15, -0.1) is 0 Å². The lowest BCUT2D eigenvalue weighted by Crippen LogP contribution is -2.28. The van der Waals surface area contributed by atoms with E-state index in [0.717, 1.165) is 11.1 Å². The van der Waals surface area contributed by atoms with Crippen molar-refractivity contribution >= 4 is 5.91 Å². The first-order chi connectivity index (χ1) is 10.6. The smallest absolute Gasteiger partial charge is 0.258 e. The molecule has 2 rings (SSSR count). The van der Waals surface area contributed by atoms with E-state index >= 15 is 0 Å². The average molecular weight is 303 g/mol. The van der Waals surface area contributed by atoms with Crippen LogP contribution in [-0.4, -0.2) is 17.6 Å². The summed E-state index contributed by atoms with van der Waals surface area (Å²) in [5.74, 6) is -0.0550. The number of aliphatic hydroxyl groups excluding tert-OH is 1. The summed E-state index contributed by atoms with van der Waals surface area (Å²) in [5, 5.41) is 11.7. The number of benzene rings is 2. The second-order valence-electron chi connectivity index (χ2n) is 4.91. The van der Waals surface area contributed by atoms with Crippen molar-refractivity contribution in [2.75, 3.05) is 6.61 Å². The summed E-state index contributed by atoms with van der Waals surface area (Å²) in [6.45, 7) is 1.70. The van der Waals surface area contributed by atoms with Gasteiger partial charge in [0.15, 0.2) is 6.61 Å². The van der Waals surface area contributed by atoms with Crippen LogP contribution < -0.4 is 10.1 Å². The lowest BCUT2D eigenvalue weighted by Gasteiger charge is -2.10. The van der Waals surface area contributed by atoms with Crippen LogP contribution >= 0.6 is 0 Å². The fourth-order valence-electron chi connectivity index (χ4n) is 1.97. The highest BCUT2D eigenvalue weighted by Gasteiger charge is 2.06. The van der Waals surface area contributed by atoms with Crippen molar-refractivity contribution < 1.29 is 19.0 Å². The lowest BCUT2D eigenvalue weighted by atomic mass is 10.1. The van der Waals surface area contributed by atoms with Gasteiger partial charge in [-0.25, -0.2) is 4.39 Å². The molecule has 4 nitrogen and oxygen atoms in total. The fraction of sp³-hybridized carbons (Fsp3) is 0.235. The molecule has 0 aliphatic rings. The molecule has 0 saturated heterocycles. The maximum absolute atomic E-state index is 13.2. The Bertz CT molecular complexity index is 658. The van der Waals surface area contributed by atoms with Crippen molar-refractivity contribution in [3.8, 4) is 5.75 Å². The molecule has 0 fully saturated rings. The van der Waals surface area contributed by atoms with Gasteiger partial charge in [-0.05, 0) is 36.2 Å². The van der Waals surface area contributed by atoms with E-state index in [-0.39, 0.29) is 31.2 Å². The summed E-state index contributed by atoms with van der Waals surface area (Å²) < 4.78 is 18.7. The van der Waals surface area contributed by atoms with E-state index in [2.05, 4.69) is 5.32 Å². The monoisotopic (exact) mass is 303 g/mol. The Kier molecular flexibility index (Phi) is 5.49. The Morgan fingerprint density at radius 2 is 2.05 bits per heavy atom. The van der Waals surface area contributed by atoms with Gasteiger partial charge in [-0.3, -0.25) is 4.79 Å². The number of aryl methyl sites for hydroxylation is 1. The van der Waals surface area contributed by atoms with E-state index in [4.69, 9.17) is 9.84 Å². The number of rotatable bonds is 6. The molecule has 0 unspecified atom stereocenters. The summed E-state index contributed by atoms with van der Waals surface area (Å²) in [5.41, 5.74) is 1.89. The van der Waals surface area contributed by atoms with Crippen molar-refractivity contribution in [1.29, 1.82) is 0 Å². The molecule has 0 aromatic heterocycles. The third kappa shape index (κ3) is 4.30. The van der Waals surface area contributed by atoms with Gasteiger partial charge in [0, 0.05) is 12.1 Å². The largest absolute Gasteiger partial charge is 0.484 e. The summed E-state index contributed by atoms with van der Waals surface area (Å²) in [6.07, 6.45) is 0. The summed E-state index contributed by atoms with van der Waals surface area (Å²) >= 11 is 0. The quantitative estimate of drug-likeness (QED) is 0.861. The van der Waals surface area contributed by atoms with Gasteiger partial charge >= 0.3 is 0 Å². The van der Waals surface area contributed by atoms with Crippen LogP contribution in [-0.2, 0) is 17.9 Å². The molecular weight excluding hydrogens is 285 g/mol. The van der Waals surface area contributed by atoms with Crippen molar-refractivity contribution in [2.24, 2.45) is 0 Å². The molecule has 5 heteroatoms. The molecule has 0 bridgehead atoms. The third-order valence-corrected chi connectivity index (χ3v) is 3.22. The van der Waals surface area contributed by atoms with Gasteiger partial charge in [0.25, 0.3) is 5.91 Å². The fourth-order valence-corrected chi connectivity index (χ4v) is 1.97. The molecular formula is C17H18FNO3. The number of halogens is 1. The standard InChI is InChI=1S/C17H18FNO3/c1-12-4-2-3-5-16(12)22-11-17(21)19-9-13-6-7-15(18)14(8-13)10-20/h2-8,20H,9-11H2,1H3,(H,19,21). The Balaban J connectivity index is 1.84. The van der Waals surface area contributed by atoms with Gasteiger partial charge in [-0.1, -0.05) is 24.3 Å². The molecule has 0 saturated carbocycles. The first-order valence-electron chi connectivity index (χ1n) is 6.93.